The number of carbonyl (C=O) groups excluding carboxylic acids is 2. The summed E-state index contributed by atoms with van der Waals surface area (Å²) in [6, 6.07) is 10.0. The predicted molar refractivity (Wildman–Crippen MR) is 118 cm³/mol. The summed E-state index contributed by atoms with van der Waals surface area (Å²) in [6.45, 7) is -0.873. The first-order valence-corrected chi connectivity index (χ1v) is 9.93. The van der Waals surface area contributed by atoms with E-state index in [0.29, 0.717) is 16.0 Å². The molecule has 3 rings (SSSR count). The Morgan fingerprint density at radius 2 is 1.73 bits per heavy atom. The Labute approximate surface area is 192 Å². The largest absolute Gasteiger partial charge is 0.460 e. The number of nitrogens with zero attached hydrogens (tertiary/aromatic N) is 2. The first kappa shape index (κ1) is 24.1. The predicted octanol–water partition coefficient (Wildman–Crippen LogP) is 3.26. The van der Waals surface area contributed by atoms with E-state index in [4.69, 9.17) is 32.9 Å². The number of nitrogens with two attached hydrogens (primary N) is 2. The van der Waals surface area contributed by atoms with Crippen LogP contribution in [0.15, 0.2) is 54.6 Å². The van der Waals surface area contributed by atoms with Gasteiger partial charge in [-0.25, -0.2) is 23.5 Å². The Kier molecular flexibility index (Phi) is 7.54. The highest BCUT2D eigenvalue weighted by Crippen LogP contribution is 2.33. The molecule has 0 aliphatic carbocycles. The van der Waals surface area contributed by atoms with Crippen LogP contribution in [0.5, 0.6) is 0 Å². The van der Waals surface area contributed by atoms with Gasteiger partial charge in [-0.15, -0.1) is 0 Å². The molecule has 0 saturated heterocycles. The van der Waals surface area contributed by atoms with Crippen LogP contribution < -0.4 is 16.4 Å². The van der Waals surface area contributed by atoms with E-state index >= 15 is 0 Å². The van der Waals surface area contributed by atoms with Gasteiger partial charge in [-0.1, -0.05) is 35.9 Å². The first-order chi connectivity index (χ1) is 15.7. The first-order valence-electron chi connectivity index (χ1n) is 9.56. The number of esters is 1. The van der Waals surface area contributed by atoms with E-state index in [1.54, 1.807) is 24.3 Å². The maximum atomic E-state index is 14.3. The molecule has 0 unspecified atom stereocenters. The Morgan fingerprint density at radius 1 is 1.09 bits per heavy atom. The van der Waals surface area contributed by atoms with E-state index in [9.17, 15) is 18.4 Å². The van der Waals surface area contributed by atoms with E-state index in [1.807, 2.05) is 0 Å². The van der Waals surface area contributed by atoms with Crippen LogP contribution in [-0.4, -0.2) is 34.7 Å². The number of hydrogen-bond acceptors (Lipinski definition) is 6. The van der Waals surface area contributed by atoms with Crippen molar-refractivity contribution in [3.8, 4) is 11.3 Å². The lowest BCUT2D eigenvalue weighted by Gasteiger charge is -2.21. The van der Waals surface area contributed by atoms with E-state index in [-0.39, 0.29) is 23.1 Å². The van der Waals surface area contributed by atoms with Gasteiger partial charge in [0.25, 0.3) is 0 Å². The fourth-order valence-electron chi connectivity index (χ4n) is 3.01. The van der Waals surface area contributed by atoms with Crippen molar-refractivity contribution in [1.29, 1.82) is 0 Å². The lowest BCUT2D eigenvalue weighted by atomic mass is 10.0. The van der Waals surface area contributed by atoms with Gasteiger partial charge in [0.1, 0.15) is 35.8 Å². The quantitative estimate of drug-likeness (QED) is 0.448. The molecule has 172 valence electrons. The Bertz CT molecular complexity index is 1170. The number of halogens is 3. The molecule has 0 aliphatic heterocycles. The molecule has 8 nitrogen and oxygen atoms in total. The molecule has 0 spiro atoms. The highest BCUT2D eigenvalue weighted by Gasteiger charge is 2.25. The Hall–Kier alpha value is -3.60. The topological polar surface area (TPSA) is 132 Å². The second-order valence-electron chi connectivity index (χ2n) is 6.79. The van der Waals surface area contributed by atoms with E-state index in [1.165, 1.54) is 12.1 Å². The van der Waals surface area contributed by atoms with Gasteiger partial charge in [-0.2, -0.15) is 0 Å². The van der Waals surface area contributed by atoms with Crippen LogP contribution in [0, 0.1) is 11.6 Å². The van der Waals surface area contributed by atoms with Crippen molar-refractivity contribution in [2.45, 2.75) is 12.6 Å². The number of pyridine rings is 1. The normalized spacial score (nSPS) is 11.7. The molecule has 0 saturated carbocycles. The van der Waals surface area contributed by atoms with Gasteiger partial charge in [0.05, 0.1) is 12.3 Å². The molecule has 3 aromatic rings. The number of ether oxygens (including phenoxy) is 1. The number of urea groups is 1. The zero-order valence-electron chi connectivity index (χ0n) is 17.0. The number of aliphatic hydroxyl groups is 1. The summed E-state index contributed by atoms with van der Waals surface area (Å²) in [7, 11) is 0. The number of para-hydroxylation sites is 1. The smallest absolute Gasteiger partial charge is 0.325 e. The fourth-order valence-corrected chi connectivity index (χ4v) is 3.24. The molecule has 0 aliphatic rings. The minimum atomic E-state index is -1.21. The maximum Gasteiger partial charge on any atom is 0.325 e. The van der Waals surface area contributed by atoms with Gasteiger partial charge in [0, 0.05) is 16.1 Å². The van der Waals surface area contributed by atoms with Gasteiger partial charge in [-0.3, -0.25) is 4.79 Å². The average molecular weight is 477 g/mol. The summed E-state index contributed by atoms with van der Waals surface area (Å²) in [5.74, 6) is -2.98. The fraction of sp³-hybridized carbons (Fsp3) is 0.136. The summed E-state index contributed by atoms with van der Waals surface area (Å²) in [5, 5.41) is 9.24. The van der Waals surface area contributed by atoms with E-state index in [0.717, 1.165) is 18.2 Å². The zero-order valence-corrected chi connectivity index (χ0v) is 17.8. The molecule has 0 radical (unpaired) electrons. The van der Waals surface area contributed by atoms with Crippen molar-refractivity contribution in [2.75, 3.05) is 11.5 Å². The molecule has 0 fully saturated rings. The number of primary amides is 1. The number of rotatable bonds is 7. The van der Waals surface area contributed by atoms with Crippen molar-refractivity contribution in [2.24, 2.45) is 11.5 Å². The molecule has 0 bridgehead atoms. The molecule has 5 N–H and O–H groups in total. The van der Waals surface area contributed by atoms with Crippen LogP contribution in [0.25, 0.3) is 11.3 Å². The SMILES string of the molecule is NC(=O)N(c1cccc(-c2cccc(Cl)c2COC(=O)[C@@H](N)CO)n1)c1c(F)cccc1F. The van der Waals surface area contributed by atoms with Crippen molar-refractivity contribution in [3.63, 3.8) is 0 Å². The Balaban J connectivity index is 2.04. The number of amides is 2. The van der Waals surface area contributed by atoms with Crippen molar-refractivity contribution in [1.82, 2.24) is 4.98 Å². The maximum absolute atomic E-state index is 14.3. The van der Waals surface area contributed by atoms with Crippen molar-refractivity contribution >= 4 is 35.1 Å². The molecular formula is C22H19ClF2N4O4. The molecule has 1 heterocycles. The van der Waals surface area contributed by atoms with Crippen LogP contribution in [0.3, 0.4) is 0 Å². The summed E-state index contributed by atoms with van der Waals surface area (Å²) in [5.41, 5.74) is 11.2. The highest BCUT2D eigenvalue weighted by molar-refractivity contribution is 6.31. The van der Waals surface area contributed by atoms with Crippen LogP contribution in [0.4, 0.5) is 25.1 Å². The minimum absolute atomic E-state index is 0.144. The molecule has 1 atom stereocenters. The van der Waals surface area contributed by atoms with Crippen LogP contribution in [-0.2, 0) is 16.1 Å². The number of benzene rings is 2. The second-order valence-corrected chi connectivity index (χ2v) is 7.19. The van der Waals surface area contributed by atoms with Crippen molar-refractivity contribution < 1.29 is 28.2 Å². The third-order valence-corrected chi connectivity index (χ3v) is 4.95. The van der Waals surface area contributed by atoms with E-state index in [2.05, 4.69) is 4.98 Å². The number of aromatic nitrogens is 1. The summed E-state index contributed by atoms with van der Waals surface area (Å²) in [6.07, 6.45) is 0. The van der Waals surface area contributed by atoms with Crippen molar-refractivity contribution in [3.05, 3.63) is 76.8 Å². The summed E-state index contributed by atoms with van der Waals surface area (Å²) >= 11 is 6.28. The molecule has 2 aromatic carbocycles. The standard InChI is InChI=1S/C22H19ClF2N4O4/c23-14-5-1-4-12(13(14)11-33-21(31)17(26)10-30)18-8-3-9-19(28-18)29(22(27)32)20-15(24)6-2-7-16(20)25/h1-9,17,30H,10-11,26H2,(H2,27,32)/t17-/m0/s1. The second kappa shape index (κ2) is 10.3. The number of carbonyl (C=O) groups is 2. The van der Waals surface area contributed by atoms with Gasteiger partial charge in [-0.05, 0) is 30.3 Å². The summed E-state index contributed by atoms with van der Waals surface area (Å²) < 4.78 is 33.8. The van der Waals surface area contributed by atoms with Gasteiger partial charge in [0.15, 0.2) is 0 Å². The van der Waals surface area contributed by atoms with E-state index < -0.39 is 42.0 Å². The third-order valence-electron chi connectivity index (χ3n) is 4.60. The Morgan fingerprint density at radius 3 is 2.36 bits per heavy atom. The van der Waals surface area contributed by atoms with Crippen LogP contribution >= 0.6 is 11.6 Å². The van der Waals surface area contributed by atoms with Gasteiger partial charge >= 0.3 is 12.0 Å². The molecule has 11 heteroatoms. The number of aliphatic hydroxyl groups excluding tert-OH is 1. The third kappa shape index (κ3) is 5.25. The zero-order chi connectivity index (χ0) is 24.1. The number of anilines is 2. The van der Waals surface area contributed by atoms with Gasteiger partial charge in [0.2, 0.25) is 0 Å². The molecule has 1 aromatic heterocycles. The molecule has 33 heavy (non-hydrogen) atoms. The van der Waals surface area contributed by atoms with Gasteiger partial charge < -0.3 is 21.3 Å². The molecule has 2 amide bonds. The lowest BCUT2D eigenvalue weighted by molar-refractivity contribution is -0.147. The monoisotopic (exact) mass is 476 g/mol. The summed E-state index contributed by atoms with van der Waals surface area (Å²) in [4.78, 5) is 28.9. The van der Waals surface area contributed by atoms with Crippen LogP contribution in [0.2, 0.25) is 5.02 Å². The number of hydrogen-bond donors (Lipinski definition) is 3. The minimum Gasteiger partial charge on any atom is -0.460 e. The van der Waals surface area contributed by atoms with Crippen LogP contribution in [0.1, 0.15) is 5.56 Å². The molecular weight excluding hydrogens is 458 g/mol. The average Bonchev–Trinajstić information content (AvgIpc) is 2.79. The lowest BCUT2D eigenvalue weighted by Crippen LogP contribution is -2.35. The highest BCUT2D eigenvalue weighted by atomic mass is 35.5.